The summed E-state index contributed by atoms with van der Waals surface area (Å²) in [5, 5.41) is 8.62. The molecule has 0 radical (unpaired) electrons. The van der Waals surface area contributed by atoms with Crippen LogP contribution in [0.4, 0.5) is 0 Å². The van der Waals surface area contributed by atoms with Gasteiger partial charge >= 0.3 is 0 Å². The van der Waals surface area contributed by atoms with E-state index in [2.05, 4.69) is 11.5 Å². The van der Waals surface area contributed by atoms with E-state index in [9.17, 15) is 0 Å². The monoisotopic (exact) mass is 141 g/mol. The lowest BCUT2D eigenvalue weighted by atomic mass is 10.1. The van der Waals surface area contributed by atoms with Gasteiger partial charge in [-0.2, -0.15) is 0 Å². The number of aliphatic hydroxyl groups excluding tert-OH is 1. The van der Waals surface area contributed by atoms with E-state index in [-0.39, 0.29) is 6.61 Å². The molecule has 1 aliphatic rings. The van der Waals surface area contributed by atoms with Gasteiger partial charge in [0.15, 0.2) is 0 Å². The third kappa shape index (κ3) is 2.12. The fourth-order valence-corrected chi connectivity index (χ4v) is 1.23. The first kappa shape index (κ1) is 7.76. The number of rotatable bonds is 2. The van der Waals surface area contributed by atoms with E-state index in [1.165, 1.54) is 5.57 Å². The van der Waals surface area contributed by atoms with Crippen LogP contribution in [0, 0.1) is 0 Å². The molecule has 10 heavy (non-hydrogen) atoms. The standard InChI is InChI=1S/C8H15NO/c1-8-2-4-9(5-3-8)6-7-10/h10H,1-7H2. The summed E-state index contributed by atoms with van der Waals surface area (Å²) in [5.74, 6) is 0. The van der Waals surface area contributed by atoms with Crippen LogP contribution in [-0.4, -0.2) is 36.2 Å². The van der Waals surface area contributed by atoms with E-state index < -0.39 is 0 Å². The first-order chi connectivity index (χ1) is 4.83. The molecule has 1 N–H and O–H groups in total. The summed E-state index contributed by atoms with van der Waals surface area (Å²) >= 11 is 0. The molecule has 1 fully saturated rings. The van der Waals surface area contributed by atoms with Gasteiger partial charge in [-0.1, -0.05) is 12.2 Å². The van der Waals surface area contributed by atoms with Crippen molar-refractivity contribution in [3.05, 3.63) is 12.2 Å². The molecule has 1 rings (SSSR count). The summed E-state index contributed by atoms with van der Waals surface area (Å²) in [6, 6.07) is 0. The van der Waals surface area contributed by atoms with E-state index in [1.807, 2.05) is 0 Å². The largest absolute Gasteiger partial charge is 0.395 e. The quantitative estimate of drug-likeness (QED) is 0.570. The van der Waals surface area contributed by atoms with Gasteiger partial charge in [0.2, 0.25) is 0 Å². The average molecular weight is 141 g/mol. The molecule has 0 saturated carbocycles. The van der Waals surface area contributed by atoms with Crippen LogP contribution >= 0.6 is 0 Å². The summed E-state index contributed by atoms with van der Waals surface area (Å²) in [6.07, 6.45) is 2.22. The third-order valence-corrected chi connectivity index (χ3v) is 1.98. The van der Waals surface area contributed by atoms with Gasteiger partial charge in [-0.25, -0.2) is 0 Å². The van der Waals surface area contributed by atoms with Crippen LogP contribution in [0.15, 0.2) is 12.2 Å². The predicted molar refractivity (Wildman–Crippen MR) is 41.9 cm³/mol. The molecule has 1 saturated heterocycles. The lowest BCUT2D eigenvalue weighted by Gasteiger charge is -2.26. The molecule has 0 unspecified atom stereocenters. The number of likely N-dealkylation sites (tertiary alicyclic amines) is 1. The molecule has 1 aliphatic heterocycles. The number of β-amino-alcohol motifs (C(OH)–C–C–N with tert-alkyl or cyclic N) is 1. The number of aliphatic hydroxyl groups is 1. The highest BCUT2D eigenvalue weighted by molar-refractivity contribution is 4.98. The van der Waals surface area contributed by atoms with Crippen molar-refractivity contribution in [2.45, 2.75) is 12.8 Å². The molecule has 0 amide bonds. The summed E-state index contributed by atoms with van der Waals surface area (Å²) in [4.78, 5) is 2.27. The predicted octanol–water partition coefficient (Wildman–Crippen LogP) is 0.631. The fourth-order valence-electron chi connectivity index (χ4n) is 1.23. The van der Waals surface area contributed by atoms with Crippen LogP contribution < -0.4 is 0 Å². The van der Waals surface area contributed by atoms with Crippen LogP contribution in [0.25, 0.3) is 0 Å². The van der Waals surface area contributed by atoms with Crippen molar-refractivity contribution in [2.24, 2.45) is 0 Å². The van der Waals surface area contributed by atoms with Crippen molar-refractivity contribution >= 4 is 0 Å². The minimum atomic E-state index is 0.284. The lowest BCUT2D eigenvalue weighted by molar-refractivity contribution is 0.187. The second-order valence-corrected chi connectivity index (χ2v) is 2.82. The highest BCUT2D eigenvalue weighted by atomic mass is 16.3. The van der Waals surface area contributed by atoms with E-state index in [4.69, 9.17) is 5.11 Å². The van der Waals surface area contributed by atoms with Crippen molar-refractivity contribution in [1.82, 2.24) is 4.90 Å². The fraction of sp³-hybridized carbons (Fsp3) is 0.750. The summed E-state index contributed by atoms with van der Waals surface area (Å²) < 4.78 is 0. The Morgan fingerprint density at radius 2 is 2.00 bits per heavy atom. The van der Waals surface area contributed by atoms with Crippen LogP contribution in [0.3, 0.4) is 0 Å². The average Bonchev–Trinajstić information content (AvgIpc) is 1.95. The first-order valence-corrected chi connectivity index (χ1v) is 3.83. The Bertz CT molecular complexity index is 112. The molecule has 0 aromatic heterocycles. The maximum Gasteiger partial charge on any atom is 0.0558 e. The second-order valence-electron chi connectivity index (χ2n) is 2.82. The zero-order valence-corrected chi connectivity index (χ0v) is 6.34. The summed E-state index contributed by atoms with van der Waals surface area (Å²) in [7, 11) is 0. The van der Waals surface area contributed by atoms with Crippen molar-refractivity contribution < 1.29 is 5.11 Å². The molecule has 58 valence electrons. The topological polar surface area (TPSA) is 23.5 Å². The molecule has 0 aliphatic carbocycles. The Hall–Kier alpha value is -0.340. The van der Waals surface area contributed by atoms with Gasteiger partial charge < -0.3 is 10.0 Å². The van der Waals surface area contributed by atoms with E-state index in [0.29, 0.717) is 0 Å². The first-order valence-electron chi connectivity index (χ1n) is 3.83. The highest BCUT2D eigenvalue weighted by Gasteiger charge is 2.10. The maximum absolute atomic E-state index is 8.62. The Kier molecular flexibility index (Phi) is 2.90. The minimum absolute atomic E-state index is 0.284. The van der Waals surface area contributed by atoms with Gasteiger partial charge in [0.25, 0.3) is 0 Å². The van der Waals surface area contributed by atoms with Crippen LogP contribution in [0.1, 0.15) is 12.8 Å². The van der Waals surface area contributed by atoms with Gasteiger partial charge in [-0.05, 0) is 12.8 Å². The summed E-state index contributed by atoms with van der Waals surface area (Å²) in [6.45, 7) is 7.20. The van der Waals surface area contributed by atoms with Gasteiger partial charge in [0.1, 0.15) is 0 Å². The minimum Gasteiger partial charge on any atom is -0.395 e. The van der Waals surface area contributed by atoms with Crippen molar-refractivity contribution in [3.63, 3.8) is 0 Å². The highest BCUT2D eigenvalue weighted by Crippen LogP contribution is 2.12. The molecule has 0 spiro atoms. The SMILES string of the molecule is C=C1CCN(CCO)CC1. The molecule has 0 aromatic rings. The van der Waals surface area contributed by atoms with Crippen LogP contribution in [-0.2, 0) is 0 Å². The van der Waals surface area contributed by atoms with Gasteiger partial charge in [0.05, 0.1) is 6.61 Å². The lowest BCUT2D eigenvalue weighted by Crippen LogP contribution is -2.32. The molecule has 0 atom stereocenters. The van der Waals surface area contributed by atoms with Crippen LogP contribution in [0.2, 0.25) is 0 Å². The van der Waals surface area contributed by atoms with Crippen molar-refractivity contribution in [2.75, 3.05) is 26.2 Å². The molecule has 1 heterocycles. The van der Waals surface area contributed by atoms with Gasteiger partial charge in [-0.3, -0.25) is 0 Å². The third-order valence-electron chi connectivity index (χ3n) is 1.98. The van der Waals surface area contributed by atoms with Crippen molar-refractivity contribution in [3.8, 4) is 0 Å². The Morgan fingerprint density at radius 1 is 1.40 bits per heavy atom. The number of piperidine rings is 1. The van der Waals surface area contributed by atoms with Crippen molar-refractivity contribution in [1.29, 1.82) is 0 Å². The number of nitrogens with zero attached hydrogens (tertiary/aromatic N) is 1. The smallest absolute Gasteiger partial charge is 0.0558 e. The number of hydrogen-bond acceptors (Lipinski definition) is 2. The van der Waals surface area contributed by atoms with E-state index in [1.54, 1.807) is 0 Å². The van der Waals surface area contributed by atoms with E-state index in [0.717, 1.165) is 32.5 Å². The van der Waals surface area contributed by atoms with Gasteiger partial charge in [0, 0.05) is 19.6 Å². The molecule has 0 aromatic carbocycles. The Morgan fingerprint density at radius 3 is 2.50 bits per heavy atom. The van der Waals surface area contributed by atoms with Crippen LogP contribution in [0.5, 0.6) is 0 Å². The molecule has 0 bridgehead atoms. The molecular formula is C8H15NO. The normalized spacial score (nSPS) is 21.5. The zero-order chi connectivity index (χ0) is 7.40. The van der Waals surface area contributed by atoms with Gasteiger partial charge in [-0.15, -0.1) is 0 Å². The van der Waals surface area contributed by atoms with E-state index >= 15 is 0 Å². The summed E-state index contributed by atoms with van der Waals surface area (Å²) in [5.41, 5.74) is 1.36. The second kappa shape index (κ2) is 3.74. The molecule has 2 nitrogen and oxygen atoms in total. The molecular weight excluding hydrogens is 126 g/mol. The number of hydrogen-bond donors (Lipinski definition) is 1. The molecule has 2 heteroatoms. The Balaban J connectivity index is 2.19. The zero-order valence-electron chi connectivity index (χ0n) is 6.34. The Labute approximate surface area is 62.2 Å². The maximum atomic E-state index is 8.62.